The van der Waals surface area contributed by atoms with Crippen LogP contribution in [0.2, 0.25) is 0 Å². The van der Waals surface area contributed by atoms with Crippen LogP contribution in [-0.4, -0.2) is 10.9 Å². The van der Waals surface area contributed by atoms with E-state index in [1.54, 1.807) is 18.2 Å². The first-order valence-corrected chi connectivity index (χ1v) is 5.19. The summed E-state index contributed by atoms with van der Waals surface area (Å²) in [6.07, 6.45) is 0. The SMILES string of the molecule is NC(=O)c1cccc(COc2ccccc2)n1. The van der Waals surface area contributed by atoms with Crippen LogP contribution in [0.3, 0.4) is 0 Å². The van der Waals surface area contributed by atoms with Crippen LogP contribution in [0.25, 0.3) is 0 Å². The van der Waals surface area contributed by atoms with Crippen LogP contribution in [0.4, 0.5) is 0 Å². The summed E-state index contributed by atoms with van der Waals surface area (Å²) in [6, 6.07) is 14.5. The second kappa shape index (κ2) is 5.12. The first-order chi connectivity index (χ1) is 8.25. The van der Waals surface area contributed by atoms with Crippen molar-refractivity contribution < 1.29 is 9.53 Å². The highest BCUT2D eigenvalue weighted by atomic mass is 16.5. The number of hydrogen-bond donors (Lipinski definition) is 1. The molecule has 0 aliphatic carbocycles. The van der Waals surface area contributed by atoms with E-state index >= 15 is 0 Å². The number of para-hydroxylation sites is 1. The predicted molar refractivity (Wildman–Crippen MR) is 63.5 cm³/mol. The third-order valence-electron chi connectivity index (χ3n) is 2.19. The van der Waals surface area contributed by atoms with Crippen molar-refractivity contribution in [1.82, 2.24) is 4.98 Å². The van der Waals surface area contributed by atoms with Gasteiger partial charge in [-0.05, 0) is 24.3 Å². The molecule has 0 bridgehead atoms. The number of nitrogens with two attached hydrogens (primary N) is 1. The predicted octanol–water partition coefficient (Wildman–Crippen LogP) is 1.76. The third-order valence-corrected chi connectivity index (χ3v) is 2.19. The molecule has 0 atom stereocenters. The zero-order valence-corrected chi connectivity index (χ0v) is 9.17. The van der Waals surface area contributed by atoms with Crippen molar-refractivity contribution in [3.8, 4) is 5.75 Å². The third kappa shape index (κ3) is 3.04. The Morgan fingerprint density at radius 1 is 1.12 bits per heavy atom. The molecule has 1 amide bonds. The molecule has 0 aliphatic heterocycles. The van der Waals surface area contributed by atoms with E-state index in [1.807, 2.05) is 30.3 Å². The zero-order valence-electron chi connectivity index (χ0n) is 9.17. The molecule has 1 aromatic carbocycles. The van der Waals surface area contributed by atoms with Gasteiger partial charge in [0.2, 0.25) is 0 Å². The van der Waals surface area contributed by atoms with Crippen molar-refractivity contribution in [2.24, 2.45) is 5.73 Å². The van der Waals surface area contributed by atoms with E-state index in [1.165, 1.54) is 0 Å². The normalized spacial score (nSPS) is 9.88. The second-order valence-electron chi connectivity index (χ2n) is 3.48. The van der Waals surface area contributed by atoms with Gasteiger partial charge in [-0.3, -0.25) is 4.79 Å². The minimum Gasteiger partial charge on any atom is -0.487 e. The van der Waals surface area contributed by atoms with Crippen molar-refractivity contribution in [3.63, 3.8) is 0 Å². The quantitative estimate of drug-likeness (QED) is 0.867. The molecule has 1 heterocycles. The molecular weight excluding hydrogens is 216 g/mol. The molecular formula is C13H12N2O2. The molecule has 17 heavy (non-hydrogen) atoms. The summed E-state index contributed by atoms with van der Waals surface area (Å²) in [5.74, 6) is 0.227. The van der Waals surface area contributed by atoms with Gasteiger partial charge in [-0.2, -0.15) is 0 Å². The van der Waals surface area contributed by atoms with E-state index in [0.29, 0.717) is 12.3 Å². The summed E-state index contributed by atoms with van der Waals surface area (Å²) in [5, 5.41) is 0. The molecule has 4 nitrogen and oxygen atoms in total. The van der Waals surface area contributed by atoms with E-state index in [2.05, 4.69) is 4.98 Å². The van der Waals surface area contributed by atoms with E-state index in [0.717, 1.165) is 5.75 Å². The lowest BCUT2D eigenvalue weighted by atomic mass is 10.3. The average molecular weight is 228 g/mol. The number of rotatable bonds is 4. The molecule has 0 saturated heterocycles. The topological polar surface area (TPSA) is 65.2 Å². The van der Waals surface area contributed by atoms with E-state index < -0.39 is 5.91 Å². The van der Waals surface area contributed by atoms with E-state index in [9.17, 15) is 4.79 Å². The standard InChI is InChI=1S/C13H12N2O2/c14-13(16)12-8-4-5-10(15-12)9-17-11-6-2-1-3-7-11/h1-8H,9H2,(H2,14,16). The van der Waals surface area contributed by atoms with Crippen LogP contribution in [0.1, 0.15) is 16.2 Å². The maximum absolute atomic E-state index is 10.9. The fourth-order valence-electron chi connectivity index (χ4n) is 1.37. The van der Waals surface area contributed by atoms with Gasteiger partial charge in [0.05, 0.1) is 5.69 Å². The molecule has 0 radical (unpaired) electrons. The Bertz CT molecular complexity index is 512. The Hall–Kier alpha value is -2.36. The fraction of sp³-hybridized carbons (Fsp3) is 0.0769. The summed E-state index contributed by atoms with van der Waals surface area (Å²) >= 11 is 0. The number of benzene rings is 1. The smallest absolute Gasteiger partial charge is 0.267 e. The lowest BCUT2D eigenvalue weighted by Gasteiger charge is -2.05. The molecule has 2 rings (SSSR count). The van der Waals surface area contributed by atoms with Gasteiger partial charge in [0.1, 0.15) is 18.1 Å². The largest absolute Gasteiger partial charge is 0.487 e. The number of carbonyl (C=O) groups is 1. The molecule has 86 valence electrons. The van der Waals surface area contributed by atoms with Crippen LogP contribution in [0.5, 0.6) is 5.75 Å². The van der Waals surface area contributed by atoms with Gasteiger partial charge < -0.3 is 10.5 Å². The maximum atomic E-state index is 10.9. The first-order valence-electron chi connectivity index (χ1n) is 5.19. The van der Waals surface area contributed by atoms with Crippen LogP contribution in [0, 0.1) is 0 Å². The number of ether oxygens (including phenoxy) is 1. The lowest BCUT2D eigenvalue weighted by Crippen LogP contribution is -2.14. The molecule has 2 N–H and O–H groups in total. The number of hydrogen-bond acceptors (Lipinski definition) is 3. The highest BCUT2D eigenvalue weighted by molar-refractivity contribution is 5.90. The minimum absolute atomic E-state index is 0.249. The number of pyridine rings is 1. The summed E-state index contributed by atoms with van der Waals surface area (Å²) in [7, 11) is 0. The van der Waals surface area contributed by atoms with Gasteiger partial charge in [0.15, 0.2) is 0 Å². The number of aromatic nitrogens is 1. The Morgan fingerprint density at radius 2 is 1.88 bits per heavy atom. The Labute approximate surface area is 99.1 Å². The lowest BCUT2D eigenvalue weighted by molar-refractivity contribution is 0.0995. The Morgan fingerprint density at radius 3 is 2.59 bits per heavy atom. The van der Waals surface area contributed by atoms with Crippen LogP contribution in [0.15, 0.2) is 48.5 Å². The minimum atomic E-state index is -0.536. The monoisotopic (exact) mass is 228 g/mol. The second-order valence-corrected chi connectivity index (χ2v) is 3.48. The van der Waals surface area contributed by atoms with Gasteiger partial charge in [0, 0.05) is 0 Å². The summed E-state index contributed by atoms with van der Waals surface area (Å²) in [5.41, 5.74) is 6.07. The van der Waals surface area contributed by atoms with E-state index in [4.69, 9.17) is 10.5 Å². The van der Waals surface area contributed by atoms with Crippen molar-refractivity contribution in [3.05, 3.63) is 59.9 Å². The number of nitrogens with zero attached hydrogens (tertiary/aromatic N) is 1. The molecule has 2 aromatic rings. The van der Waals surface area contributed by atoms with Crippen LogP contribution in [-0.2, 0) is 6.61 Å². The molecule has 0 aliphatic rings. The molecule has 0 spiro atoms. The Balaban J connectivity index is 2.04. The highest BCUT2D eigenvalue weighted by Crippen LogP contribution is 2.10. The van der Waals surface area contributed by atoms with Gasteiger partial charge in [-0.1, -0.05) is 24.3 Å². The van der Waals surface area contributed by atoms with E-state index in [-0.39, 0.29) is 5.69 Å². The van der Waals surface area contributed by atoms with Gasteiger partial charge in [-0.25, -0.2) is 4.98 Å². The van der Waals surface area contributed by atoms with Crippen LogP contribution < -0.4 is 10.5 Å². The summed E-state index contributed by atoms with van der Waals surface area (Å²) in [6.45, 7) is 0.311. The van der Waals surface area contributed by atoms with Crippen molar-refractivity contribution in [2.45, 2.75) is 6.61 Å². The average Bonchev–Trinajstić information content (AvgIpc) is 2.38. The molecule has 1 aromatic heterocycles. The van der Waals surface area contributed by atoms with Crippen LogP contribution >= 0.6 is 0 Å². The molecule has 0 unspecified atom stereocenters. The number of primary amides is 1. The molecule has 0 fully saturated rings. The Kier molecular flexibility index (Phi) is 3.35. The van der Waals surface area contributed by atoms with Crippen molar-refractivity contribution >= 4 is 5.91 Å². The highest BCUT2D eigenvalue weighted by Gasteiger charge is 2.03. The number of amides is 1. The van der Waals surface area contributed by atoms with Gasteiger partial charge >= 0.3 is 0 Å². The number of carbonyl (C=O) groups excluding carboxylic acids is 1. The van der Waals surface area contributed by atoms with Crippen molar-refractivity contribution in [1.29, 1.82) is 0 Å². The summed E-state index contributed by atoms with van der Waals surface area (Å²) < 4.78 is 5.51. The summed E-state index contributed by atoms with van der Waals surface area (Å²) in [4.78, 5) is 15.0. The van der Waals surface area contributed by atoms with Crippen molar-refractivity contribution in [2.75, 3.05) is 0 Å². The molecule has 4 heteroatoms. The molecule has 0 saturated carbocycles. The first kappa shape index (κ1) is 11.1. The van der Waals surface area contributed by atoms with Gasteiger partial charge in [0.25, 0.3) is 5.91 Å². The zero-order chi connectivity index (χ0) is 12.1. The van der Waals surface area contributed by atoms with Gasteiger partial charge in [-0.15, -0.1) is 0 Å². The fourth-order valence-corrected chi connectivity index (χ4v) is 1.37. The maximum Gasteiger partial charge on any atom is 0.267 e.